The monoisotopic (exact) mass is 336 g/mol. The van der Waals surface area contributed by atoms with Crippen LogP contribution in [-0.2, 0) is 0 Å². The number of aliphatic imine (C=N–C) groups is 1. The van der Waals surface area contributed by atoms with Crippen LogP contribution >= 0.6 is 0 Å². The van der Waals surface area contributed by atoms with Crippen LogP contribution in [0.25, 0.3) is 5.57 Å². The molecule has 2 aliphatic rings. The third-order valence-corrected chi connectivity index (χ3v) is 4.32. The smallest absolute Gasteiger partial charge is 0.366 e. The fourth-order valence-corrected chi connectivity index (χ4v) is 3.07. The van der Waals surface area contributed by atoms with Gasteiger partial charge in [0.1, 0.15) is 0 Å². The second-order valence-corrected chi connectivity index (χ2v) is 6.09. The summed E-state index contributed by atoms with van der Waals surface area (Å²) in [5.41, 5.74) is 1.02. The van der Waals surface area contributed by atoms with Crippen molar-refractivity contribution in [2.75, 3.05) is 23.3 Å². The minimum atomic E-state index is -4.38. The molecule has 0 spiro atoms. The molecule has 24 heavy (non-hydrogen) atoms. The van der Waals surface area contributed by atoms with Gasteiger partial charge in [0.15, 0.2) is 5.82 Å². The average molecular weight is 336 g/mol. The molecule has 1 aromatic rings. The highest BCUT2D eigenvalue weighted by Crippen LogP contribution is 2.35. The van der Waals surface area contributed by atoms with Crippen LogP contribution in [0.15, 0.2) is 35.0 Å². The van der Waals surface area contributed by atoms with Crippen molar-refractivity contribution in [3.05, 3.63) is 35.7 Å². The molecule has 1 N–H and O–H groups in total. The third-order valence-electron chi connectivity index (χ3n) is 4.32. The van der Waals surface area contributed by atoms with Crippen molar-refractivity contribution in [2.45, 2.75) is 32.0 Å². The van der Waals surface area contributed by atoms with Gasteiger partial charge in [-0.05, 0) is 44.7 Å². The number of alkyl halides is 3. The summed E-state index contributed by atoms with van der Waals surface area (Å²) in [5, 5.41) is 3.38. The van der Waals surface area contributed by atoms with Gasteiger partial charge < -0.3 is 10.2 Å². The van der Waals surface area contributed by atoms with E-state index in [0.29, 0.717) is 11.7 Å². The van der Waals surface area contributed by atoms with E-state index in [9.17, 15) is 13.2 Å². The van der Waals surface area contributed by atoms with Crippen molar-refractivity contribution in [3.8, 4) is 0 Å². The molecule has 3 rings (SSSR count). The molecule has 4 nitrogen and oxygen atoms in total. The Morgan fingerprint density at radius 3 is 2.96 bits per heavy atom. The normalized spacial score (nSPS) is 21.2. The molecule has 1 fully saturated rings. The predicted octanol–water partition coefficient (Wildman–Crippen LogP) is 4.03. The molecule has 1 atom stereocenters. The van der Waals surface area contributed by atoms with Gasteiger partial charge in [-0.3, -0.25) is 4.99 Å². The van der Waals surface area contributed by atoms with Crippen molar-refractivity contribution in [3.63, 3.8) is 0 Å². The Bertz CT molecular complexity index is 706. The number of nitrogens with zero attached hydrogens (tertiary/aromatic N) is 3. The Labute approximate surface area is 138 Å². The SMILES string of the molecule is C=N/C=C(\C=C(/C)C(F)(F)F)c1ccc2c(n1)N[C@H]1CCCN2C1. The number of nitrogens with one attached hydrogen (secondary N) is 1. The predicted molar refractivity (Wildman–Crippen MR) is 90.4 cm³/mol. The molecular weight excluding hydrogens is 317 g/mol. The summed E-state index contributed by atoms with van der Waals surface area (Å²) in [6, 6.07) is 3.97. The van der Waals surface area contributed by atoms with Crippen LogP contribution in [0.2, 0.25) is 0 Å². The van der Waals surface area contributed by atoms with E-state index < -0.39 is 11.7 Å². The van der Waals surface area contributed by atoms with E-state index in [1.807, 2.05) is 6.07 Å². The molecule has 1 aromatic heterocycles. The van der Waals surface area contributed by atoms with Gasteiger partial charge in [-0.15, -0.1) is 0 Å². The fraction of sp³-hybridized carbons (Fsp3) is 0.412. The molecule has 0 radical (unpaired) electrons. The maximum atomic E-state index is 12.8. The van der Waals surface area contributed by atoms with Crippen LogP contribution in [0.3, 0.4) is 0 Å². The third kappa shape index (κ3) is 3.29. The Hall–Kier alpha value is -2.31. The second kappa shape index (κ2) is 6.30. The van der Waals surface area contributed by atoms with Gasteiger partial charge in [0, 0.05) is 36.5 Å². The van der Waals surface area contributed by atoms with E-state index in [0.717, 1.165) is 50.4 Å². The number of halogens is 3. The van der Waals surface area contributed by atoms with E-state index in [1.165, 1.54) is 6.20 Å². The summed E-state index contributed by atoms with van der Waals surface area (Å²) < 4.78 is 38.4. The molecule has 0 aliphatic carbocycles. The molecule has 0 unspecified atom stereocenters. The molecular formula is C17H19F3N4. The Morgan fingerprint density at radius 2 is 2.25 bits per heavy atom. The summed E-state index contributed by atoms with van der Waals surface area (Å²) in [4.78, 5) is 10.4. The molecule has 0 aromatic carbocycles. The van der Waals surface area contributed by atoms with Gasteiger partial charge >= 0.3 is 6.18 Å². The molecule has 7 heteroatoms. The van der Waals surface area contributed by atoms with Crippen molar-refractivity contribution in [1.82, 2.24) is 4.98 Å². The van der Waals surface area contributed by atoms with Crippen molar-refractivity contribution in [1.29, 1.82) is 0 Å². The zero-order valence-electron chi connectivity index (χ0n) is 13.4. The number of rotatable bonds is 3. The zero-order valence-corrected chi connectivity index (χ0v) is 13.4. The summed E-state index contributed by atoms with van der Waals surface area (Å²) in [6.45, 7) is 6.30. The molecule has 2 bridgehead atoms. The standard InChI is InChI=1S/C17H19F3N4/c1-11(17(18,19)20)8-12(9-21-2)14-5-6-15-16(23-14)22-13-4-3-7-24(15)10-13/h5-6,8-9,13H,2-4,7,10H2,1H3,(H,22,23)/b11-8+,12-9+/t13-/m0/s1. The summed E-state index contributed by atoms with van der Waals surface area (Å²) >= 11 is 0. The molecule has 128 valence electrons. The topological polar surface area (TPSA) is 40.5 Å². The van der Waals surface area contributed by atoms with Crippen LogP contribution in [0.5, 0.6) is 0 Å². The van der Waals surface area contributed by atoms with Gasteiger partial charge in [0.25, 0.3) is 0 Å². The highest BCUT2D eigenvalue weighted by molar-refractivity contribution is 5.78. The second-order valence-electron chi connectivity index (χ2n) is 6.09. The molecule has 3 heterocycles. The first kappa shape index (κ1) is 16.5. The summed E-state index contributed by atoms with van der Waals surface area (Å²) in [5.74, 6) is 0.719. The number of aromatic nitrogens is 1. The highest BCUT2D eigenvalue weighted by Gasteiger charge is 2.31. The zero-order chi connectivity index (χ0) is 17.3. The molecule has 0 saturated carbocycles. The lowest BCUT2D eigenvalue weighted by Gasteiger charge is -2.40. The van der Waals surface area contributed by atoms with Crippen molar-refractivity contribution >= 4 is 23.8 Å². The van der Waals surface area contributed by atoms with Gasteiger partial charge in [0.05, 0.1) is 11.4 Å². The average Bonchev–Trinajstić information content (AvgIpc) is 2.53. The van der Waals surface area contributed by atoms with Crippen LogP contribution in [0.4, 0.5) is 24.7 Å². The van der Waals surface area contributed by atoms with Gasteiger partial charge in [-0.1, -0.05) is 0 Å². The number of pyridine rings is 1. The molecule has 1 saturated heterocycles. The maximum absolute atomic E-state index is 12.8. The Morgan fingerprint density at radius 1 is 1.46 bits per heavy atom. The first-order valence-electron chi connectivity index (χ1n) is 7.83. The number of hydrogen-bond donors (Lipinski definition) is 1. The van der Waals surface area contributed by atoms with Gasteiger partial charge in [-0.2, -0.15) is 13.2 Å². The minimum absolute atomic E-state index is 0.287. The lowest BCUT2D eigenvalue weighted by molar-refractivity contribution is -0.0912. The van der Waals surface area contributed by atoms with E-state index in [-0.39, 0.29) is 5.57 Å². The Balaban J connectivity index is 1.97. The van der Waals surface area contributed by atoms with E-state index >= 15 is 0 Å². The van der Waals surface area contributed by atoms with E-state index in [1.54, 1.807) is 6.07 Å². The van der Waals surface area contributed by atoms with Crippen LogP contribution in [0, 0.1) is 0 Å². The number of allylic oxidation sites excluding steroid dienone is 3. The first-order valence-corrected chi connectivity index (χ1v) is 7.83. The van der Waals surface area contributed by atoms with Gasteiger partial charge in [-0.25, -0.2) is 4.98 Å². The largest absolute Gasteiger partial charge is 0.412 e. The van der Waals surface area contributed by atoms with Gasteiger partial charge in [0.2, 0.25) is 0 Å². The van der Waals surface area contributed by atoms with Crippen molar-refractivity contribution in [2.24, 2.45) is 4.99 Å². The van der Waals surface area contributed by atoms with E-state index in [4.69, 9.17) is 0 Å². The first-order chi connectivity index (χ1) is 11.4. The van der Waals surface area contributed by atoms with Crippen LogP contribution < -0.4 is 10.2 Å². The quantitative estimate of drug-likeness (QED) is 0.669. The lowest BCUT2D eigenvalue weighted by atomic mass is 10.0. The highest BCUT2D eigenvalue weighted by atomic mass is 19.4. The molecule has 2 aliphatic heterocycles. The molecule has 0 amide bonds. The lowest BCUT2D eigenvalue weighted by Crippen LogP contribution is -2.46. The Kier molecular flexibility index (Phi) is 4.34. The van der Waals surface area contributed by atoms with E-state index in [2.05, 4.69) is 26.9 Å². The maximum Gasteiger partial charge on any atom is 0.412 e. The van der Waals surface area contributed by atoms with Crippen molar-refractivity contribution < 1.29 is 13.2 Å². The number of fused-ring (bicyclic) bond motifs is 4. The number of anilines is 2. The van der Waals surface area contributed by atoms with Crippen LogP contribution in [0.1, 0.15) is 25.5 Å². The fourth-order valence-electron chi connectivity index (χ4n) is 3.07. The number of hydrogen-bond acceptors (Lipinski definition) is 4. The number of piperidine rings is 1. The van der Waals surface area contributed by atoms with Crippen LogP contribution in [-0.4, -0.2) is 37.0 Å². The summed E-state index contributed by atoms with van der Waals surface area (Å²) in [6.07, 6.45) is 0.167. The minimum Gasteiger partial charge on any atom is -0.366 e. The summed E-state index contributed by atoms with van der Waals surface area (Å²) in [7, 11) is 0.